The van der Waals surface area contributed by atoms with Gasteiger partial charge in [0.2, 0.25) is 5.91 Å². The number of anilines is 1. The fourth-order valence-corrected chi connectivity index (χ4v) is 2.93. The molecule has 0 spiro atoms. The van der Waals surface area contributed by atoms with E-state index in [1.807, 2.05) is 12.1 Å². The Hall–Kier alpha value is -1.72. The van der Waals surface area contributed by atoms with Crippen LogP contribution in [0.4, 0.5) is 18.9 Å². The molecule has 3 nitrogen and oxygen atoms in total. The standard InChI is InChI=1S/C18H25F3N2O/c1-13(2)14-5-7-15(8-6-14)22-16-4-3-11-23(12-16)17(24)9-10-18(19,20)21/h5-8,13,16,22H,3-4,9-12H2,1-2H3/t16-/m0/s1. The monoisotopic (exact) mass is 342 g/mol. The van der Waals surface area contributed by atoms with Gasteiger partial charge in [0.1, 0.15) is 0 Å². The van der Waals surface area contributed by atoms with Gasteiger partial charge in [-0.15, -0.1) is 0 Å². The zero-order valence-corrected chi connectivity index (χ0v) is 14.2. The van der Waals surface area contributed by atoms with Gasteiger partial charge < -0.3 is 10.2 Å². The molecule has 2 rings (SSSR count). The van der Waals surface area contributed by atoms with Crippen molar-refractivity contribution < 1.29 is 18.0 Å². The van der Waals surface area contributed by atoms with Crippen LogP contribution >= 0.6 is 0 Å². The Kier molecular flexibility index (Phi) is 6.13. The van der Waals surface area contributed by atoms with Gasteiger partial charge in [0.25, 0.3) is 0 Å². The molecule has 1 aromatic carbocycles. The molecule has 1 amide bonds. The van der Waals surface area contributed by atoms with Crippen LogP contribution in [0, 0.1) is 0 Å². The molecule has 0 aromatic heterocycles. The molecule has 0 unspecified atom stereocenters. The van der Waals surface area contributed by atoms with E-state index in [0.717, 1.165) is 18.5 Å². The third-order valence-corrected chi connectivity index (χ3v) is 4.34. The van der Waals surface area contributed by atoms with E-state index in [9.17, 15) is 18.0 Å². The van der Waals surface area contributed by atoms with E-state index in [2.05, 4.69) is 31.3 Å². The van der Waals surface area contributed by atoms with Crippen molar-refractivity contribution in [1.29, 1.82) is 0 Å². The topological polar surface area (TPSA) is 32.3 Å². The van der Waals surface area contributed by atoms with Crippen molar-refractivity contribution in [2.75, 3.05) is 18.4 Å². The quantitative estimate of drug-likeness (QED) is 0.851. The number of piperidine rings is 1. The minimum atomic E-state index is -4.28. The molecule has 1 atom stereocenters. The van der Waals surface area contributed by atoms with Crippen molar-refractivity contribution in [2.24, 2.45) is 0 Å². The first-order chi connectivity index (χ1) is 11.2. The zero-order chi connectivity index (χ0) is 17.7. The average molecular weight is 342 g/mol. The van der Waals surface area contributed by atoms with Crippen molar-refractivity contribution in [3.8, 4) is 0 Å². The fourth-order valence-electron chi connectivity index (χ4n) is 2.93. The molecule has 134 valence electrons. The van der Waals surface area contributed by atoms with Crippen molar-refractivity contribution in [3.05, 3.63) is 29.8 Å². The van der Waals surface area contributed by atoms with E-state index in [0.29, 0.717) is 19.0 Å². The number of alkyl halides is 3. The molecule has 1 saturated heterocycles. The highest BCUT2D eigenvalue weighted by molar-refractivity contribution is 5.76. The van der Waals surface area contributed by atoms with Crippen LogP contribution in [-0.2, 0) is 4.79 Å². The molecule has 1 aromatic rings. The normalized spacial score (nSPS) is 18.8. The minimum Gasteiger partial charge on any atom is -0.381 e. The third kappa shape index (κ3) is 5.73. The average Bonchev–Trinajstić information content (AvgIpc) is 2.52. The molecule has 6 heteroatoms. The molecule has 1 N–H and O–H groups in total. The van der Waals surface area contributed by atoms with E-state index in [1.54, 1.807) is 4.90 Å². The summed E-state index contributed by atoms with van der Waals surface area (Å²) in [4.78, 5) is 13.5. The molecule has 0 bridgehead atoms. The van der Waals surface area contributed by atoms with Crippen LogP contribution < -0.4 is 5.32 Å². The van der Waals surface area contributed by atoms with Crippen molar-refractivity contribution >= 4 is 11.6 Å². The first-order valence-electron chi connectivity index (χ1n) is 8.45. The predicted molar refractivity (Wildman–Crippen MR) is 89.0 cm³/mol. The molecule has 1 aliphatic heterocycles. The molecule has 1 heterocycles. The number of hydrogen-bond acceptors (Lipinski definition) is 2. The van der Waals surface area contributed by atoms with Crippen molar-refractivity contribution in [3.63, 3.8) is 0 Å². The lowest BCUT2D eigenvalue weighted by molar-refractivity contribution is -0.149. The van der Waals surface area contributed by atoms with Gasteiger partial charge in [-0.3, -0.25) is 4.79 Å². The Bertz CT molecular complexity index is 540. The summed E-state index contributed by atoms with van der Waals surface area (Å²) in [6.45, 7) is 5.27. The molecule has 0 aliphatic carbocycles. The Balaban J connectivity index is 1.87. The highest BCUT2D eigenvalue weighted by Gasteiger charge is 2.30. The van der Waals surface area contributed by atoms with Gasteiger partial charge in [-0.25, -0.2) is 0 Å². The van der Waals surface area contributed by atoms with Crippen LogP contribution in [0.5, 0.6) is 0 Å². The van der Waals surface area contributed by atoms with Gasteiger partial charge in [0, 0.05) is 31.2 Å². The van der Waals surface area contributed by atoms with Gasteiger partial charge >= 0.3 is 6.18 Å². The summed E-state index contributed by atoms with van der Waals surface area (Å²) in [6, 6.07) is 8.25. The molecule has 0 saturated carbocycles. The number of hydrogen-bond donors (Lipinski definition) is 1. The summed E-state index contributed by atoms with van der Waals surface area (Å²) < 4.78 is 36.8. The lowest BCUT2D eigenvalue weighted by Crippen LogP contribution is -2.45. The zero-order valence-electron chi connectivity index (χ0n) is 14.2. The van der Waals surface area contributed by atoms with Gasteiger partial charge in [-0.2, -0.15) is 13.2 Å². The number of benzene rings is 1. The Morgan fingerprint density at radius 1 is 1.29 bits per heavy atom. The van der Waals surface area contributed by atoms with Crippen LogP contribution in [0.2, 0.25) is 0 Å². The summed E-state index contributed by atoms with van der Waals surface area (Å²) in [5.74, 6) is 0.0597. The number of nitrogens with zero attached hydrogens (tertiary/aromatic N) is 1. The highest BCUT2D eigenvalue weighted by atomic mass is 19.4. The number of likely N-dealkylation sites (tertiary alicyclic amines) is 1. The largest absolute Gasteiger partial charge is 0.389 e. The SMILES string of the molecule is CC(C)c1ccc(N[C@H]2CCCN(C(=O)CCC(F)(F)F)C2)cc1. The maximum Gasteiger partial charge on any atom is 0.389 e. The van der Waals surface area contributed by atoms with E-state index in [1.165, 1.54) is 5.56 Å². The maximum absolute atomic E-state index is 12.3. The Morgan fingerprint density at radius 3 is 2.54 bits per heavy atom. The van der Waals surface area contributed by atoms with E-state index < -0.39 is 24.9 Å². The minimum absolute atomic E-state index is 0.0819. The number of carbonyl (C=O) groups excluding carboxylic acids is 1. The van der Waals surface area contributed by atoms with Gasteiger partial charge in [-0.1, -0.05) is 26.0 Å². The van der Waals surface area contributed by atoms with Gasteiger partial charge in [0.15, 0.2) is 0 Å². The number of nitrogens with one attached hydrogen (secondary N) is 1. The van der Waals surface area contributed by atoms with E-state index >= 15 is 0 Å². The molecular formula is C18H25F3N2O. The molecule has 1 fully saturated rings. The van der Waals surface area contributed by atoms with Crippen LogP contribution in [0.25, 0.3) is 0 Å². The first kappa shape index (κ1) is 18.6. The summed E-state index contributed by atoms with van der Waals surface area (Å²) >= 11 is 0. The fraction of sp³-hybridized carbons (Fsp3) is 0.611. The molecular weight excluding hydrogens is 317 g/mol. The van der Waals surface area contributed by atoms with Crippen LogP contribution in [0.15, 0.2) is 24.3 Å². The summed E-state index contributed by atoms with van der Waals surface area (Å²) in [5, 5.41) is 3.39. The van der Waals surface area contributed by atoms with Gasteiger partial charge in [0.05, 0.1) is 6.42 Å². The van der Waals surface area contributed by atoms with E-state index in [-0.39, 0.29) is 6.04 Å². The second-order valence-electron chi connectivity index (χ2n) is 6.72. The van der Waals surface area contributed by atoms with Gasteiger partial charge in [-0.05, 0) is 36.5 Å². The molecule has 0 radical (unpaired) electrons. The summed E-state index contributed by atoms with van der Waals surface area (Å²) in [6.07, 6.45) is -4.06. The van der Waals surface area contributed by atoms with E-state index in [4.69, 9.17) is 0 Å². The van der Waals surface area contributed by atoms with Crippen LogP contribution in [-0.4, -0.2) is 36.1 Å². The van der Waals surface area contributed by atoms with Crippen molar-refractivity contribution in [2.45, 2.75) is 57.7 Å². The number of amides is 1. The summed E-state index contributed by atoms with van der Waals surface area (Å²) in [5.41, 5.74) is 2.24. The lowest BCUT2D eigenvalue weighted by atomic mass is 10.0. The second-order valence-corrected chi connectivity index (χ2v) is 6.72. The number of rotatable bonds is 5. The number of carbonyl (C=O) groups is 1. The first-order valence-corrected chi connectivity index (χ1v) is 8.45. The molecule has 24 heavy (non-hydrogen) atoms. The molecule has 1 aliphatic rings. The Labute approximate surface area is 141 Å². The highest BCUT2D eigenvalue weighted by Crippen LogP contribution is 2.24. The Morgan fingerprint density at radius 2 is 1.96 bits per heavy atom. The smallest absolute Gasteiger partial charge is 0.381 e. The van der Waals surface area contributed by atoms with Crippen LogP contribution in [0.3, 0.4) is 0 Å². The lowest BCUT2D eigenvalue weighted by Gasteiger charge is -2.34. The predicted octanol–water partition coefficient (Wildman–Crippen LogP) is 4.56. The number of halogens is 3. The summed E-state index contributed by atoms with van der Waals surface area (Å²) in [7, 11) is 0. The maximum atomic E-state index is 12.3. The van der Waals surface area contributed by atoms with Crippen LogP contribution in [0.1, 0.15) is 51.0 Å². The van der Waals surface area contributed by atoms with Crippen molar-refractivity contribution in [1.82, 2.24) is 4.90 Å². The third-order valence-electron chi connectivity index (χ3n) is 4.34. The second kappa shape index (κ2) is 7.90.